The minimum Gasteiger partial charge on any atom is -0.497 e. The van der Waals surface area contributed by atoms with E-state index in [9.17, 15) is 0 Å². The highest BCUT2D eigenvalue weighted by molar-refractivity contribution is 5.84. The molecule has 2 rings (SSSR count). The van der Waals surface area contributed by atoms with Gasteiger partial charge < -0.3 is 14.8 Å². The molecule has 0 radical (unpaired) electrons. The molecular formula is C21H33NO2. The van der Waals surface area contributed by atoms with Gasteiger partial charge in [0.05, 0.1) is 7.11 Å². The van der Waals surface area contributed by atoms with Crippen molar-refractivity contribution in [2.24, 2.45) is 0 Å². The van der Waals surface area contributed by atoms with E-state index in [1.807, 2.05) is 6.07 Å². The zero-order chi connectivity index (χ0) is 17.0. The maximum Gasteiger partial charge on any atom is 0.120 e. The van der Waals surface area contributed by atoms with Crippen molar-refractivity contribution in [3.63, 3.8) is 0 Å². The molecule has 0 amide bonds. The van der Waals surface area contributed by atoms with Crippen molar-refractivity contribution < 1.29 is 9.84 Å². The van der Waals surface area contributed by atoms with Crippen molar-refractivity contribution in [3.05, 3.63) is 30.0 Å². The fourth-order valence-electron chi connectivity index (χ4n) is 3.34. The van der Waals surface area contributed by atoms with Gasteiger partial charge in [0.1, 0.15) is 5.75 Å². The van der Waals surface area contributed by atoms with Gasteiger partial charge in [-0.05, 0) is 37.0 Å². The average Bonchev–Trinajstić information content (AvgIpc) is 3.01. The first-order valence-electron chi connectivity index (χ1n) is 9.60. The molecule has 1 aromatic heterocycles. The standard InChI is InChI=1S/C21H33NO2/c1-24-19-13-14-20-18(17-22-21(20)16-19)12-10-8-6-4-2-3-5-7-9-11-15-23/h13-14,16-17,22-23H,2-12,15H2,1H3. The topological polar surface area (TPSA) is 45.2 Å². The number of unbranched alkanes of at least 4 members (excludes halogenated alkanes) is 9. The Morgan fingerprint density at radius 3 is 2.12 bits per heavy atom. The Balaban J connectivity index is 1.55. The third-order valence-electron chi connectivity index (χ3n) is 4.83. The second-order valence-corrected chi connectivity index (χ2v) is 6.73. The second kappa shape index (κ2) is 11.1. The molecular weight excluding hydrogens is 298 g/mol. The summed E-state index contributed by atoms with van der Waals surface area (Å²) in [4.78, 5) is 3.36. The lowest BCUT2D eigenvalue weighted by molar-refractivity contribution is 0.282. The van der Waals surface area contributed by atoms with Crippen LogP contribution in [-0.4, -0.2) is 23.8 Å². The Labute approximate surface area is 146 Å². The Kier molecular flexibility index (Phi) is 8.75. The third-order valence-corrected chi connectivity index (χ3v) is 4.83. The second-order valence-electron chi connectivity index (χ2n) is 6.73. The van der Waals surface area contributed by atoms with Crippen LogP contribution in [-0.2, 0) is 6.42 Å². The maximum atomic E-state index is 8.73. The molecule has 0 spiro atoms. The van der Waals surface area contributed by atoms with Crippen LogP contribution in [0.1, 0.15) is 69.8 Å². The zero-order valence-electron chi connectivity index (χ0n) is 15.2. The molecule has 0 fully saturated rings. The lowest BCUT2D eigenvalue weighted by Crippen LogP contribution is -1.86. The number of benzene rings is 1. The first-order chi connectivity index (χ1) is 11.8. The van der Waals surface area contributed by atoms with E-state index in [4.69, 9.17) is 9.84 Å². The molecule has 0 bridgehead atoms. The van der Waals surface area contributed by atoms with Crippen LogP contribution in [0, 0.1) is 0 Å². The number of ether oxygens (including phenoxy) is 1. The normalized spacial score (nSPS) is 11.2. The summed E-state index contributed by atoms with van der Waals surface area (Å²) in [6, 6.07) is 6.27. The number of hydrogen-bond acceptors (Lipinski definition) is 2. The van der Waals surface area contributed by atoms with Crippen molar-refractivity contribution in [1.82, 2.24) is 4.98 Å². The number of aliphatic hydroxyl groups excluding tert-OH is 1. The molecule has 2 N–H and O–H groups in total. The third kappa shape index (κ3) is 6.20. The Hall–Kier alpha value is -1.48. The van der Waals surface area contributed by atoms with E-state index in [1.54, 1.807) is 7.11 Å². The molecule has 0 aliphatic heterocycles. The van der Waals surface area contributed by atoms with Gasteiger partial charge in [-0.1, -0.05) is 51.4 Å². The van der Waals surface area contributed by atoms with Gasteiger partial charge in [-0.2, -0.15) is 0 Å². The molecule has 0 saturated carbocycles. The van der Waals surface area contributed by atoms with E-state index in [0.717, 1.165) is 18.6 Å². The molecule has 0 atom stereocenters. The molecule has 0 aliphatic carbocycles. The van der Waals surface area contributed by atoms with Crippen LogP contribution in [0.4, 0.5) is 0 Å². The predicted octanol–water partition coefficient (Wildman–Crippen LogP) is 5.61. The van der Waals surface area contributed by atoms with Crippen molar-refractivity contribution in [3.8, 4) is 5.75 Å². The molecule has 2 aromatic rings. The molecule has 3 nitrogen and oxygen atoms in total. The van der Waals surface area contributed by atoms with E-state index in [-0.39, 0.29) is 0 Å². The first kappa shape index (κ1) is 18.9. The summed E-state index contributed by atoms with van der Waals surface area (Å²) in [5.74, 6) is 0.910. The molecule has 24 heavy (non-hydrogen) atoms. The number of hydrogen-bond donors (Lipinski definition) is 2. The van der Waals surface area contributed by atoms with Crippen molar-refractivity contribution >= 4 is 10.9 Å². The number of fused-ring (bicyclic) bond motifs is 1. The SMILES string of the molecule is COc1ccc2c(CCCCCCCCCCCCO)c[nH]c2c1. The summed E-state index contributed by atoms with van der Waals surface area (Å²) in [5.41, 5.74) is 2.60. The largest absolute Gasteiger partial charge is 0.497 e. The zero-order valence-corrected chi connectivity index (χ0v) is 15.2. The Bertz CT molecular complexity index is 576. The van der Waals surface area contributed by atoms with Crippen LogP contribution in [0.15, 0.2) is 24.4 Å². The van der Waals surface area contributed by atoms with E-state index >= 15 is 0 Å². The first-order valence-corrected chi connectivity index (χ1v) is 9.60. The molecule has 0 unspecified atom stereocenters. The predicted molar refractivity (Wildman–Crippen MR) is 102 cm³/mol. The maximum absolute atomic E-state index is 8.73. The summed E-state index contributed by atoms with van der Waals surface area (Å²) in [5, 5.41) is 10.1. The number of nitrogens with one attached hydrogen (secondary N) is 1. The molecule has 3 heteroatoms. The Morgan fingerprint density at radius 2 is 1.50 bits per heavy atom. The number of aromatic nitrogens is 1. The average molecular weight is 331 g/mol. The van der Waals surface area contributed by atoms with Gasteiger partial charge in [-0.25, -0.2) is 0 Å². The van der Waals surface area contributed by atoms with E-state index in [0.29, 0.717) is 6.61 Å². The van der Waals surface area contributed by atoms with Crippen molar-refractivity contribution in [1.29, 1.82) is 0 Å². The lowest BCUT2D eigenvalue weighted by Gasteiger charge is -2.03. The van der Waals surface area contributed by atoms with Gasteiger partial charge in [-0.3, -0.25) is 0 Å². The van der Waals surface area contributed by atoms with E-state index in [1.165, 1.54) is 74.3 Å². The van der Waals surface area contributed by atoms with Crippen LogP contribution in [0.25, 0.3) is 10.9 Å². The van der Waals surface area contributed by atoms with Crippen LogP contribution < -0.4 is 4.74 Å². The van der Waals surface area contributed by atoms with Gasteiger partial charge in [-0.15, -0.1) is 0 Å². The van der Waals surface area contributed by atoms with E-state index in [2.05, 4.69) is 23.3 Å². The van der Waals surface area contributed by atoms with Crippen LogP contribution >= 0.6 is 0 Å². The van der Waals surface area contributed by atoms with Gasteiger partial charge in [0.15, 0.2) is 0 Å². The number of H-pyrrole nitrogens is 1. The lowest BCUT2D eigenvalue weighted by atomic mass is 10.0. The van der Waals surface area contributed by atoms with Gasteiger partial charge in [0.25, 0.3) is 0 Å². The van der Waals surface area contributed by atoms with Crippen molar-refractivity contribution in [2.75, 3.05) is 13.7 Å². The molecule has 1 heterocycles. The number of rotatable bonds is 13. The van der Waals surface area contributed by atoms with Crippen LogP contribution in [0.2, 0.25) is 0 Å². The quantitative estimate of drug-likeness (QED) is 0.468. The highest BCUT2D eigenvalue weighted by Crippen LogP contribution is 2.24. The summed E-state index contributed by atoms with van der Waals surface area (Å²) < 4.78 is 5.27. The smallest absolute Gasteiger partial charge is 0.120 e. The van der Waals surface area contributed by atoms with Crippen LogP contribution in [0.5, 0.6) is 5.75 Å². The number of aromatic amines is 1. The molecule has 1 aromatic carbocycles. The number of aryl methyl sites for hydroxylation is 1. The highest BCUT2D eigenvalue weighted by Gasteiger charge is 2.04. The fourth-order valence-corrected chi connectivity index (χ4v) is 3.34. The molecule has 0 aliphatic rings. The molecule has 134 valence electrons. The summed E-state index contributed by atoms with van der Waals surface area (Å²) in [6.45, 7) is 0.351. The fraction of sp³-hybridized carbons (Fsp3) is 0.619. The highest BCUT2D eigenvalue weighted by atomic mass is 16.5. The Morgan fingerprint density at radius 1 is 0.875 bits per heavy atom. The summed E-state index contributed by atoms with van der Waals surface area (Å²) in [6.07, 6.45) is 16.1. The summed E-state index contributed by atoms with van der Waals surface area (Å²) >= 11 is 0. The van der Waals surface area contributed by atoms with Gasteiger partial charge in [0, 0.05) is 29.8 Å². The number of aliphatic hydroxyl groups is 1. The minimum absolute atomic E-state index is 0.351. The van der Waals surface area contributed by atoms with Crippen molar-refractivity contribution in [2.45, 2.75) is 70.6 Å². The minimum atomic E-state index is 0.351. The number of methoxy groups -OCH3 is 1. The summed E-state index contributed by atoms with van der Waals surface area (Å²) in [7, 11) is 1.71. The van der Waals surface area contributed by atoms with E-state index < -0.39 is 0 Å². The van der Waals surface area contributed by atoms with Crippen LogP contribution in [0.3, 0.4) is 0 Å². The van der Waals surface area contributed by atoms with Gasteiger partial charge >= 0.3 is 0 Å². The van der Waals surface area contributed by atoms with Gasteiger partial charge in [0.2, 0.25) is 0 Å². The molecule has 0 saturated heterocycles. The monoisotopic (exact) mass is 331 g/mol.